The smallest absolute Gasteiger partial charge is 1.00 e. The third kappa shape index (κ3) is 5.62. The maximum atomic E-state index is 13.4. The summed E-state index contributed by atoms with van der Waals surface area (Å²) in [6.07, 6.45) is -4.60. The van der Waals surface area contributed by atoms with E-state index in [1.54, 1.807) is 24.3 Å². The van der Waals surface area contributed by atoms with Crippen LogP contribution in [0.1, 0.15) is 42.5 Å². The summed E-state index contributed by atoms with van der Waals surface area (Å²) in [6.45, 7) is 5.52. The Bertz CT molecular complexity index is 762. The summed E-state index contributed by atoms with van der Waals surface area (Å²) in [6, 6.07) is 8.35. The summed E-state index contributed by atoms with van der Waals surface area (Å²) in [5.74, 6) is -1.60. The van der Waals surface area contributed by atoms with E-state index in [4.69, 9.17) is 0 Å². The van der Waals surface area contributed by atoms with Crippen LogP contribution in [0.5, 0.6) is 0 Å². The van der Waals surface area contributed by atoms with Gasteiger partial charge < -0.3 is 6.53 Å². The number of nitrogens with zero attached hydrogens (tertiary/aromatic N) is 1. The average molecular weight is 377 g/mol. The van der Waals surface area contributed by atoms with Gasteiger partial charge in [-0.3, -0.25) is 0 Å². The topological polar surface area (TPSA) is 50.2 Å². The van der Waals surface area contributed by atoms with Crippen LogP contribution >= 0.6 is 0 Å². The zero-order chi connectivity index (χ0) is 18.1. The number of hydrogen-bond donors (Lipinski definition) is 1. The van der Waals surface area contributed by atoms with Crippen molar-refractivity contribution in [3.63, 3.8) is 0 Å². The molecule has 1 aromatic carbocycles. The van der Waals surface area contributed by atoms with Gasteiger partial charge in [-0.1, -0.05) is 43.7 Å². The zero-order valence-electron chi connectivity index (χ0n) is 15.6. The molecule has 0 unspecified atom stereocenters. The number of aromatic nitrogens is 1. The molecule has 3 nitrogen and oxygen atoms in total. The molecule has 0 amide bonds. The number of rotatable bonds is 4. The van der Waals surface area contributed by atoms with Crippen LogP contribution in [-0.4, -0.2) is 16.1 Å². The van der Waals surface area contributed by atoms with Crippen LogP contribution in [0.25, 0.3) is 11.3 Å². The molecule has 1 aromatic heterocycles. The molecule has 2 rings (SSSR count). The molecule has 1 N–H and O–H groups in total. The van der Waals surface area contributed by atoms with E-state index >= 15 is 0 Å². The van der Waals surface area contributed by atoms with Crippen LogP contribution in [0, 0.1) is 12.8 Å². The van der Waals surface area contributed by atoms with Gasteiger partial charge in [0, 0.05) is 5.56 Å². The van der Waals surface area contributed by atoms with Gasteiger partial charge in [0.15, 0.2) is 5.69 Å². The molecule has 0 aliphatic carbocycles. The predicted molar refractivity (Wildman–Crippen MR) is 86.0 cm³/mol. The molecule has 0 aliphatic rings. The fourth-order valence-electron chi connectivity index (χ4n) is 2.51. The summed E-state index contributed by atoms with van der Waals surface area (Å²) in [4.78, 5) is 15.1. The van der Waals surface area contributed by atoms with Crippen LogP contribution in [0.2, 0.25) is 0 Å². The van der Waals surface area contributed by atoms with Gasteiger partial charge in [-0.15, -0.1) is 0 Å². The molecule has 130 valence electrons. The van der Waals surface area contributed by atoms with Gasteiger partial charge in [0.1, 0.15) is 0 Å². The minimum absolute atomic E-state index is 0. The number of halogens is 3. The van der Waals surface area contributed by atoms with E-state index in [2.05, 4.69) is 4.98 Å². The Kier molecular flexibility index (Phi) is 7.83. The Balaban J connectivity index is 0.00000312. The number of aryl methyl sites for hydroxylation is 1. The van der Waals surface area contributed by atoms with E-state index in [1.165, 1.54) is 6.07 Å². The van der Waals surface area contributed by atoms with Gasteiger partial charge in [0.2, 0.25) is 0 Å². The Labute approximate surface area is 188 Å². The third-order valence-corrected chi connectivity index (χ3v) is 3.56. The molecule has 0 saturated carbocycles. The second-order valence-corrected chi connectivity index (χ2v) is 6.16. The largest absolute Gasteiger partial charge is 1.00 e. The van der Waals surface area contributed by atoms with E-state index in [0.29, 0.717) is 5.56 Å². The van der Waals surface area contributed by atoms with Crippen molar-refractivity contribution in [2.24, 2.45) is 5.92 Å². The molecule has 25 heavy (non-hydrogen) atoms. The Morgan fingerprint density at radius 3 is 2.24 bits per heavy atom. The van der Waals surface area contributed by atoms with Crippen LogP contribution in [0.15, 0.2) is 30.3 Å². The van der Waals surface area contributed by atoms with Crippen molar-refractivity contribution in [1.29, 1.82) is 0 Å². The zero-order valence-corrected chi connectivity index (χ0v) is 17.7. The fourth-order valence-corrected chi connectivity index (χ4v) is 2.51. The molecule has 2 aromatic rings. The first-order valence-corrected chi connectivity index (χ1v) is 7.51. The molecule has 0 spiro atoms. The molecule has 0 saturated heterocycles. The van der Waals surface area contributed by atoms with E-state index < -0.39 is 23.4 Å². The minimum Gasteiger partial charge on any atom is -1.00 e. The molecule has 1 heterocycles. The summed E-state index contributed by atoms with van der Waals surface area (Å²) in [5.41, 5.74) is -0.332. The predicted octanol–water partition coefficient (Wildman–Crippen LogP) is 2.09. The van der Waals surface area contributed by atoms with Crippen molar-refractivity contribution < 1.29 is 75.9 Å². The first kappa shape index (κ1) is 22.3. The number of carboxylic acid groups (broad SMARTS) is 1. The van der Waals surface area contributed by atoms with Crippen LogP contribution in [0.3, 0.4) is 0 Å². The van der Waals surface area contributed by atoms with Crippen molar-refractivity contribution in [3.8, 4) is 11.3 Å². The number of hydrogen-bond acceptors (Lipinski definition) is 2. The third-order valence-electron chi connectivity index (χ3n) is 3.56. The maximum absolute atomic E-state index is 13.4. The van der Waals surface area contributed by atoms with Gasteiger partial charge in [-0.25, -0.2) is 9.78 Å². The summed E-state index contributed by atoms with van der Waals surface area (Å²) >= 11 is 0. The van der Waals surface area contributed by atoms with E-state index in [0.717, 1.165) is 5.56 Å². The van der Waals surface area contributed by atoms with Crippen molar-refractivity contribution >= 4 is 5.97 Å². The van der Waals surface area contributed by atoms with E-state index in [-0.39, 0.29) is 76.4 Å². The first-order chi connectivity index (χ1) is 11.1. The average Bonchev–Trinajstić information content (AvgIpc) is 2.45. The van der Waals surface area contributed by atoms with Gasteiger partial charge in [0.05, 0.1) is 11.3 Å². The van der Waals surface area contributed by atoms with Crippen molar-refractivity contribution in [2.45, 2.75) is 33.4 Å². The van der Waals surface area contributed by atoms with Gasteiger partial charge in [0.25, 0.3) is 0 Å². The number of pyridine rings is 1. The molecule has 0 aliphatic heterocycles. The Hall–Kier alpha value is -0.734. The normalized spacial score (nSPS) is 11.3. The molecular weight excluding hydrogens is 358 g/mol. The molecule has 7 heteroatoms. The number of alkyl halides is 3. The Morgan fingerprint density at radius 1 is 1.24 bits per heavy atom. The summed E-state index contributed by atoms with van der Waals surface area (Å²) in [5, 5.41) is 9.28. The first-order valence-electron chi connectivity index (χ1n) is 7.51. The molecule has 0 radical (unpaired) electrons. The quantitative estimate of drug-likeness (QED) is 0.830. The minimum atomic E-state index is -4.83. The maximum Gasteiger partial charge on any atom is 1.00 e. The monoisotopic (exact) mass is 377 g/mol. The van der Waals surface area contributed by atoms with Crippen molar-refractivity contribution in [1.82, 2.24) is 4.98 Å². The number of benzene rings is 1. The Morgan fingerprint density at radius 2 is 1.80 bits per heavy atom. The van der Waals surface area contributed by atoms with E-state index in [1.807, 2.05) is 20.8 Å². The molecular formula is C18H19F3KNO2. The van der Waals surface area contributed by atoms with E-state index in [9.17, 15) is 23.1 Å². The molecule has 0 atom stereocenters. The standard InChI is InChI=1S/C18H18F3NO2.K.H/c1-10(2)8-13-9-14(12-6-4-11(3)5-7-12)22-16(18(19,20)21)15(13)17(23)24;;/h4-7,9-10H,8H2,1-3H3,(H,23,24);;/q;+1;-1. The second kappa shape index (κ2) is 8.77. The van der Waals surface area contributed by atoms with Crippen LogP contribution in [0.4, 0.5) is 13.2 Å². The van der Waals surface area contributed by atoms with Crippen LogP contribution < -0.4 is 51.4 Å². The molecule has 0 bridgehead atoms. The summed E-state index contributed by atoms with van der Waals surface area (Å²) < 4.78 is 40.1. The number of carboxylic acids is 1. The summed E-state index contributed by atoms with van der Waals surface area (Å²) in [7, 11) is 0. The van der Waals surface area contributed by atoms with Crippen molar-refractivity contribution in [2.75, 3.05) is 0 Å². The second-order valence-electron chi connectivity index (χ2n) is 6.16. The van der Waals surface area contributed by atoms with Crippen molar-refractivity contribution in [3.05, 3.63) is 52.7 Å². The van der Waals surface area contributed by atoms with Gasteiger partial charge >= 0.3 is 63.5 Å². The number of carbonyl (C=O) groups is 1. The number of aromatic carboxylic acids is 1. The van der Waals surface area contributed by atoms with Gasteiger partial charge in [-0.05, 0) is 30.9 Å². The SMILES string of the molecule is Cc1ccc(-c2cc(CC(C)C)c(C(=O)O)c(C(F)(F)F)n2)cc1.[H-].[K+]. The van der Waals surface area contributed by atoms with Crippen LogP contribution in [-0.2, 0) is 12.6 Å². The molecule has 0 fully saturated rings. The van der Waals surface area contributed by atoms with Gasteiger partial charge in [-0.2, -0.15) is 13.2 Å². The fraction of sp³-hybridized carbons (Fsp3) is 0.333.